The molecule has 1 aliphatic heterocycles. The molecule has 0 atom stereocenters. The minimum atomic E-state index is -0.490. The third-order valence-corrected chi connectivity index (χ3v) is 9.33. The molecule has 5 aromatic rings. The second-order valence-corrected chi connectivity index (χ2v) is 13.0. The fraction of sp³-hybridized carbons (Fsp3) is 0.231. The first-order valence-corrected chi connectivity index (χ1v) is 17.6. The number of rotatable bonds is 12. The molecule has 3 amide bonds. The Morgan fingerprint density at radius 3 is 2.58 bits per heavy atom. The van der Waals surface area contributed by atoms with Gasteiger partial charge in [0.05, 0.1) is 42.7 Å². The SMILES string of the molecule is Cc1cc(N2CCOCC2)c2cccc(OCc3c(Cl)ccc(N(C)C(=O)CNC(=O)C=Cc4ccc(C(=O)NCc5ccccn5)nc4)c3Cl)c2n1. The van der Waals surface area contributed by atoms with Gasteiger partial charge in [-0.05, 0) is 61.0 Å². The Morgan fingerprint density at radius 1 is 1.00 bits per heavy atom. The Bertz CT molecular complexity index is 2140. The smallest absolute Gasteiger partial charge is 0.270 e. The van der Waals surface area contributed by atoms with Gasteiger partial charge in [-0.15, -0.1) is 0 Å². The molecular formula is C39H37Cl2N7O5. The highest BCUT2D eigenvalue weighted by molar-refractivity contribution is 6.38. The van der Waals surface area contributed by atoms with Crippen LogP contribution in [0.2, 0.25) is 10.0 Å². The third kappa shape index (κ3) is 9.28. The minimum Gasteiger partial charge on any atom is -0.487 e. The van der Waals surface area contributed by atoms with Gasteiger partial charge in [0.25, 0.3) is 5.91 Å². The zero-order valence-corrected chi connectivity index (χ0v) is 30.7. The third-order valence-electron chi connectivity index (χ3n) is 8.55. The van der Waals surface area contributed by atoms with Crippen molar-refractivity contribution in [2.24, 2.45) is 0 Å². The van der Waals surface area contributed by atoms with E-state index in [4.69, 9.17) is 37.7 Å². The number of halogens is 2. The summed E-state index contributed by atoms with van der Waals surface area (Å²) >= 11 is 13.4. The normalized spacial score (nSPS) is 12.9. The van der Waals surface area contributed by atoms with Crippen molar-refractivity contribution in [2.45, 2.75) is 20.1 Å². The van der Waals surface area contributed by atoms with E-state index in [-0.39, 0.29) is 36.3 Å². The molecule has 1 saturated heterocycles. The van der Waals surface area contributed by atoms with Crippen LogP contribution in [0, 0.1) is 6.92 Å². The number of likely N-dealkylation sites (N-methyl/N-ethyl adjacent to an activating group) is 1. The Morgan fingerprint density at radius 2 is 1.83 bits per heavy atom. The second-order valence-electron chi connectivity index (χ2n) is 12.2. The molecule has 272 valence electrons. The highest BCUT2D eigenvalue weighted by Crippen LogP contribution is 2.37. The summed E-state index contributed by atoms with van der Waals surface area (Å²) in [7, 11) is 1.56. The molecule has 0 unspecified atom stereocenters. The van der Waals surface area contributed by atoms with E-state index in [0.29, 0.717) is 40.8 Å². The number of amides is 3. The maximum Gasteiger partial charge on any atom is 0.270 e. The molecule has 4 heterocycles. The number of fused-ring (bicyclic) bond motifs is 1. The first-order valence-electron chi connectivity index (χ1n) is 16.9. The summed E-state index contributed by atoms with van der Waals surface area (Å²) < 4.78 is 11.8. The van der Waals surface area contributed by atoms with E-state index >= 15 is 0 Å². The summed E-state index contributed by atoms with van der Waals surface area (Å²) in [6, 6.07) is 19.8. The predicted octanol–water partition coefficient (Wildman–Crippen LogP) is 5.78. The molecule has 0 radical (unpaired) electrons. The standard InChI is InChI=1S/C39H37Cl2N7O5/c1-25-20-33(48-16-18-52-19-17-48)28-7-5-8-34(38(28)46-25)53-24-29-30(40)11-13-32(37(29)41)47(2)36(50)23-44-35(49)14-10-26-9-12-31(43-21-26)39(51)45-22-27-6-3-4-15-42-27/h3-15,20-21H,16-19,22-24H2,1-2H3,(H,44,49)(H,45,51). The van der Waals surface area contributed by atoms with Gasteiger partial charge in [0.1, 0.15) is 23.6 Å². The van der Waals surface area contributed by atoms with Crippen LogP contribution in [0.15, 0.2) is 85.2 Å². The van der Waals surface area contributed by atoms with Crippen LogP contribution >= 0.6 is 23.2 Å². The number of pyridine rings is 3. The fourth-order valence-electron chi connectivity index (χ4n) is 5.69. The molecule has 0 bridgehead atoms. The minimum absolute atomic E-state index is 0.0301. The predicted molar refractivity (Wildman–Crippen MR) is 205 cm³/mol. The number of morpholine rings is 1. The molecule has 3 aromatic heterocycles. The number of hydrogen-bond donors (Lipinski definition) is 2. The van der Waals surface area contributed by atoms with E-state index < -0.39 is 11.8 Å². The number of aryl methyl sites for hydroxylation is 1. The number of carbonyl (C=O) groups is 3. The number of nitrogens with zero attached hydrogens (tertiary/aromatic N) is 5. The van der Waals surface area contributed by atoms with Crippen molar-refractivity contribution in [3.8, 4) is 5.75 Å². The number of ether oxygens (including phenoxy) is 2. The summed E-state index contributed by atoms with van der Waals surface area (Å²) in [6.45, 7) is 4.88. The van der Waals surface area contributed by atoms with E-state index in [1.54, 1.807) is 43.6 Å². The quantitative estimate of drug-likeness (QED) is 0.152. The summed E-state index contributed by atoms with van der Waals surface area (Å²) in [6.07, 6.45) is 5.94. The lowest BCUT2D eigenvalue weighted by molar-refractivity contribution is -0.122. The van der Waals surface area contributed by atoms with Crippen molar-refractivity contribution < 1.29 is 23.9 Å². The molecule has 1 aliphatic rings. The molecule has 2 aromatic carbocycles. The molecule has 14 heteroatoms. The summed E-state index contributed by atoms with van der Waals surface area (Å²) in [5.41, 5.74) is 5.12. The van der Waals surface area contributed by atoms with Crippen molar-refractivity contribution in [3.63, 3.8) is 0 Å². The maximum atomic E-state index is 13.1. The largest absolute Gasteiger partial charge is 0.487 e. The van der Waals surface area contributed by atoms with Crippen molar-refractivity contribution in [2.75, 3.05) is 49.7 Å². The summed E-state index contributed by atoms with van der Waals surface area (Å²) in [4.78, 5) is 54.9. The van der Waals surface area contributed by atoms with Gasteiger partial charge in [0.15, 0.2) is 0 Å². The molecule has 12 nitrogen and oxygen atoms in total. The van der Waals surface area contributed by atoms with Crippen LogP contribution in [0.4, 0.5) is 11.4 Å². The average molecular weight is 755 g/mol. The first kappa shape index (κ1) is 37.2. The molecule has 6 rings (SSSR count). The van der Waals surface area contributed by atoms with Crippen molar-refractivity contribution in [1.29, 1.82) is 0 Å². The number of benzene rings is 2. The Kier molecular flexibility index (Phi) is 12.1. The highest BCUT2D eigenvalue weighted by Gasteiger charge is 2.21. The van der Waals surface area contributed by atoms with Gasteiger partial charge in [0, 0.05) is 66.0 Å². The van der Waals surface area contributed by atoms with E-state index in [1.165, 1.54) is 23.2 Å². The molecule has 2 N–H and O–H groups in total. The van der Waals surface area contributed by atoms with Crippen molar-refractivity contribution in [3.05, 3.63) is 123 Å². The lowest BCUT2D eigenvalue weighted by Gasteiger charge is -2.30. The van der Waals surface area contributed by atoms with Gasteiger partial charge in [0.2, 0.25) is 11.8 Å². The van der Waals surface area contributed by atoms with Gasteiger partial charge in [-0.2, -0.15) is 0 Å². The molecule has 1 fully saturated rings. The van der Waals surface area contributed by atoms with Crippen LogP contribution in [-0.2, 0) is 27.5 Å². The summed E-state index contributed by atoms with van der Waals surface area (Å²) in [5, 5.41) is 6.95. The van der Waals surface area contributed by atoms with Crippen molar-refractivity contribution in [1.82, 2.24) is 25.6 Å². The molecule has 53 heavy (non-hydrogen) atoms. The van der Waals surface area contributed by atoms with E-state index in [9.17, 15) is 14.4 Å². The van der Waals surface area contributed by atoms with Crippen LogP contribution in [0.5, 0.6) is 5.75 Å². The van der Waals surface area contributed by atoms with Gasteiger partial charge in [-0.25, -0.2) is 4.98 Å². The zero-order chi connectivity index (χ0) is 37.3. The fourth-order valence-corrected chi connectivity index (χ4v) is 6.29. The van der Waals surface area contributed by atoms with Crippen LogP contribution in [0.3, 0.4) is 0 Å². The van der Waals surface area contributed by atoms with Crippen LogP contribution in [0.25, 0.3) is 17.0 Å². The van der Waals surface area contributed by atoms with Crippen molar-refractivity contribution >= 4 is 69.3 Å². The van der Waals surface area contributed by atoms with Gasteiger partial charge < -0.3 is 29.9 Å². The van der Waals surface area contributed by atoms with Gasteiger partial charge in [-0.1, -0.05) is 47.5 Å². The van der Waals surface area contributed by atoms with Crippen LogP contribution in [0.1, 0.15) is 33.0 Å². The highest BCUT2D eigenvalue weighted by atomic mass is 35.5. The summed E-state index contributed by atoms with van der Waals surface area (Å²) in [5.74, 6) is -0.666. The molecule has 0 saturated carbocycles. The second kappa shape index (κ2) is 17.3. The number of anilines is 2. The molecular weight excluding hydrogens is 717 g/mol. The maximum absolute atomic E-state index is 13.1. The number of nitrogens with one attached hydrogen (secondary N) is 2. The lowest BCUT2D eigenvalue weighted by Crippen LogP contribution is -2.37. The monoisotopic (exact) mass is 753 g/mol. The van der Waals surface area contributed by atoms with E-state index in [0.717, 1.165) is 41.1 Å². The average Bonchev–Trinajstić information content (AvgIpc) is 3.18. The van der Waals surface area contributed by atoms with Gasteiger partial charge in [-0.3, -0.25) is 24.4 Å². The Labute approximate surface area is 316 Å². The topological polar surface area (TPSA) is 139 Å². The zero-order valence-electron chi connectivity index (χ0n) is 29.1. The van der Waals surface area contributed by atoms with E-state index in [1.807, 2.05) is 37.3 Å². The first-order chi connectivity index (χ1) is 25.7. The van der Waals surface area contributed by atoms with Crippen LogP contribution < -0.4 is 25.2 Å². The Hall–Kier alpha value is -5.56. The lowest BCUT2D eigenvalue weighted by atomic mass is 10.1. The Balaban J connectivity index is 1.05. The number of para-hydroxylation sites is 1. The van der Waals surface area contributed by atoms with Gasteiger partial charge >= 0.3 is 0 Å². The molecule has 0 spiro atoms. The van der Waals surface area contributed by atoms with Crippen LogP contribution in [-0.4, -0.2) is 72.6 Å². The molecule has 0 aliphatic carbocycles. The number of carbonyl (C=O) groups excluding carboxylic acids is 3. The number of hydrogen-bond acceptors (Lipinski definition) is 9. The number of aromatic nitrogens is 3. The van der Waals surface area contributed by atoms with E-state index in [2.05, 4.69) is 31.6 Å².